The van der Waals surface area contributed by atoms with Crippen LogP contribution < -0.4 is 10.2 Å². The largest absolute Gasteiger partial charge is 0.353 e. The third-order valence-electron chi connectivity index (χ3n) is 2.13. The van der Waals surface area contributed by atoms with Crippen molar-refractivity contribution in [2.45, 2.75) is 6.92 Å². The topological polar surface area (TPSA) is 44.0 Å². The zero-order valence-corrected chi connectivity index (χ0v) is 9.75. The summed E-state index contributed by atoms with van der Waals surface area (Å²) in [5, 5.41) is 10.5. The van der Waals surface area contributed by atoms with Gasteiger partial charge in [-0.05, 0) is 6.92 Å². The van der Waals surface area contributed by atoms with E-state index in [2.05, 4.69) is 26.5 Å². The molecule has 1 fully saturated rings. The van der Waals surface area contributed by atoms with Crippen LogP contribution in [-0.2, 0) is 0 Å². The number of piperazine rings is 1. The first-order valence-electron chi connectivity index (χ1n) is 4.34. The minimum atomic E-state index is 0. The maximum absolute atomic E-state index is 4.21. The van der Waals surface area contributed by atoms with Crippen LogP contribution in [-0.4, -0.2) is 36.4 Å². The lowest BCUT2D eigenvalue weighted by atomic mass is 10.3. The number of halogens is 2. The van der Waals surface area contributed by atoms with Crippen molar-refractivity contribution < 1.29 is 0 Å². The minimum Gasteiger partial charge on any atom is -0.353 e. The van der Waals surface area contributed by atoms with E-state index in [1.165, 1.54) is 0 Å². The molecule has 2 heterocycles. The predicted molar refractivity (Wildman–Crippen MR) is 62.9 cm³/mol. The van der Waals surface area contributed by atoms with Crippen molar-refractivity contribution in [3.05, 3.63) is 11.8 Å². The number of nitrogens with zero attached hydrogens (tertiary/aromatic N) is 2. The van der Waals surface area contributed by atoms with Gasteiger partial charge in [0.1, 0.15) is 0 Å². The Bertz CT molecular complexity index is 258. The van der Waals surface area contributed by atoms with E-state index < -0.39 is 0 Å². The van der Waals surface area contributed by atoms with Crippen molar-refractivity contribution in [1.82, 2.24) is 15.5 Å². The summed E-state index contributed by atoms with van der Waals surface area (Å²) in [7, 11) is 0. The van der Waals surface area contributed by atoms with Crippen LogP contribution in [0, 0.1) is 6.92 Å². The lowest BCUT2D eigenvalue weighted by Crippen LogP contribution is -2.43. The molecule has 2 rings (SSSR count). The Labute approximate surface area is 96.3 Å². The van der Waals surface area contributed by atoms with Gasteiger partial charge in [-0.2, -0.15) is 5.10 Å². The third kappa shape index (κ3) is 3.04. The van der Waals surface area contributed by atoms with Crippen molar-refractivity contribution in [1.29, 1.82) is 0 Å². The quantitative estimate of drug-likeness (QED) is 0.767. The second-order valence-electron chi connectivity index (χ2n) is 3.15. The molecule has 0 atom stereocenters. The first-order chi connectivity index (χ1) is 5.86. The zero-order chi connectivity index (χ0) is 8.39. The fourth-order valence-electron chi connectivity index (χ4n) is 1.46. The Morgan fingerprint density at radius 3 is 2.43 bits per heavy atom. The summed E-state index contributed by atoms with van der Waals surface area (Å²) in [5.74, 6) is 1.08. The van der Waals surface area contributed by atoms with Gasteiger partial charge in [-0.1, -0.05) is 0 Å². The number of anilines is 1. The summed E-state index contributed by atoms with van der Waals surface area (Å²) in [6.45, 7) is 6.27. The molecule has 1 aromatic heterocycles. The van der Waals surface area contributed by atoms with Crippen LogP contribution in [0.25, 0.3) is 0 Å². The summed E-state index contributed by atoms with van der Waals surface area (Å²) in [4.78, 5) is 2.29. The maximum Gasteiger partial charge on any atom is 0.150 e. The van der Waals surface area contributed by atoms with Gasteiger partial charge >= 0.3 is 0 Å². The molecule has 0 saturated carbocycles. The highest BCUT2D eigenvalue weighted by atomic mass is 35.5. The normalized spacial score (nSPS) is 15.6. The molecule has 0 aliphatic carbocycles. The van der Waals surface area contributed by atoms with Crippen LogP contribution in [0.15, 0.2) is 6.07 Å². The number of nitrogens with one attached hydrogen (secondary N) is 2. The first-order valence-corrected chi connectivity index (χ1v) is 4.34. The molecule has 2 N–H and O–H groups in total. The Hall–Kier alpha value is -0.450. The second-order valence-corrected chi connectivity index (χ2v) is 3.15. The van der Waals surface area contributed by atoms with Gasteiger partial charge in [-0.3, -0.25) is 5.10 Å². The second kappa shape index (κ2) is 6.11. The standard InChI is InChI=1S/C8H14N4.2ClH/c1-7-6-8(11-10-7)12-4-2-9-3-5-12;;/h6,9H,2-5H2,1H3,(H,10,11);2*1H. The fraction of sp³-hybridized carbons (Fsp3) is 0.625. The van der Waals surface area contributed by atoms with Gasteiger partial charge in [0.25, 0.3) is 0 Å². The van der Waals surface area contributed by atoms with Crippen LogP contribution in [0.4, 0.5) is 5.82 Å². The maximum atomic E-state index is 4.21. The molecule has 0 unspecified atom stereocenters. The first kappa shape index (κ1) is 13.5. The fourth-order valence-corrected chi connectivity index (χ4v) is 1.46. The van der Waals surface area contributed by atoms with E-state index in [1.54, 1.807) is 0 Å². The monoisotopic (exact) mass is 238 g/mol. The molecule has 1 aliphatic rings. The Balaban J connectivity index is 0.000000845. The van der Waals surface area contributed by atoms with Gasteiger partial charge in [-0.25, -0.2) is 0 Å². The average Bonchev–Trinajstić information content (AvgIpc) is 2.54. The molecule has 1 aromatic rings. The number of rotatable bonds is 1. The highest BCUT2D eigenvalue weighted by molar-refractivity contribution is 5.85. The SMILES string of the molecule is Cc1cc(N2CCNCC2)n[nH]1.Cl.Cl. The molecule has 6 heteroatoms. The number of aromatic nitrogens is 2. The molecule has 0 bridgehead atoms. The number of aromatic amines is 1. The summed E-state index contributed by atoms with van der Waals surface area (Å²) < 4.78 is 0. The molecule has 0 spiro atoms. The summed E-state index contributed by atoms with van der Waals surface area (Å²) in [6, 6.07) is 2.09. The summed E-state index contributed by atoms with van der Waals surface area (Å²) in [6.07, 6.45) is 0. The summed E-state index contributed by atoms with van der Waals surface area (Å²) in [5.41, 5.74) is 1.13. The highest BCUT2D eigenvalue weighted by Gasteiger charge is 2.11. The van der Waals surface area contributed by atoms with Crippen molar-refractivity contribution >= 4 is 30.6 Å². The van der Waals surface area contributed by atoms with Crippen LogP contribution in [0.1, 0.15) is 5.69 Å². The molecule has 82 valence electrons. The van der Waals surface area contributed by atoms with Crippen LogP contribution in [0.3, 0.4) is 0 Å². The van der Waals surface area contributed by atoms with E-state index in [0.717, 1.165) is 37.7 Å². The van der Waals surface area contributed by atoms with E-state index in [0.29, 0.717) is 0 Å². The van der Waals surface area contributed by atoms with Crippen molar-refractivity contribution in [3.8, 4) is 0 Å². The number of aryl methyl sites for hydroxylation is 1. The van der Waals surface area contributed by atoms with E-state index in [-0.39, 0.29) is 24.8 Å². The Morgan fingerprint density at radius 2 is 1.93 bits per heavy atom. The van der Waals surface area contributed by atoms with E-state index in [1.807, 2.05) is 6.92 Å². The smallest absolute Gasteiger partial charge is 0.150 e. The van der Waals surface area contributed by atoms with Gasteiger partial charge in [0.15, 0.2) is 5.82 Å². The number of hydrogen-bond donors (Lipinski definition) is 2. The van der Waals surface area contributed by atoms with Crippen LogP contribution in [0.2, 0.25) is 0 Å². The van der Waals surface area contributed by atoms with Crippen molar-refractivity contribution in [2.24, 2.45) is 0 Å². The van der Waals surface area contributed by atoms with Gasteiger partial charge in [0.05, 0.1) is 0 Å². The zero-order valence-electron chi connectivity index (χ0n) is 8.12. The minimum absolute atomic E-state index is 0. The van der Waals surface area contributed by atoms with Gasteiger partial charge in [0.2, 0.25) is 0 Å². The van der Waals surface area contributed by atoms with Gasteiger partial charge in [-0.15, -0.1) is 24.8 Å². The molecule has 14 heavy (non-hydrogen) atoms. The van der Waals surface area contributed by atoms with Crippen LogP contribution in [0.5, 0.6) is 0 Å². The predicted octanol–water partition coefficient (Wildman–Crippen LogP) is 0.971. The Morgan fingerprint density at radius 1 is 1.29 bits per heavy atom. The van der Waals surface area contributed by atoms with E-state index in [9.17, 15) is 0 Å². The molecular weight excluding hydrogens is 223 g/mol. The van der Waals surface area contributed by atoms with Crippen molar-refractivity contribution in [2.75, 3.05) is 31.1 Å². The molecule has 0 aromatic carbocycles. The Kier molecular flexibility index (Phi) is 5.92. The average molecular weight is 239 g/mol. The lowest BCUT2D eigenvalue weighted by molar-refractivity contribution is 0.584. The number of hydrogen-bond acceptors (Lipinski definition) is 3. The molecular formula is C8H16Cl2N4. The highest BCUT2D eigenvalue weighted by Crippen LogP contribution is 2.11. The van der Waals surface area contributed by atoms with Gasteiger partial charge < -0.3 is 10.2 Å². The molecule has 1 aliphatic heterocycles. The van der Waals surface area contributed by atoms with E-state index in [4.69, 9.17) is 0 Å². The molecule has 0 amide bonds. The lowest BCUT2D eigenvalue weighted by Gasteiger charge is -2.26. The van der Waals surface area contributed by atoms with E-state index >= 15 is 0 Å². The van der Waals surface area contributed by atoms with Crippen LogP contribution >= 0.6 is 24.8 Å². The summed E-state index contributed by atoms with van der Waals surface area (Å²) >= 11 is 0. The molecule has 1 saturated heterocycles. The van der Waals surface area contributed by atoms with Crippen molar-refractivity contribution in [3.63, 3.8) is 0 Å². The number of H-pyrrole nitrogens is 1. The molecule has 0 radical (unpaired) electrons. The molecule has 4 nitrogen and oxygen atoms in total. The van der Waals surface area contributed by atoms with Gasteiger partial charge in [0, 0.05) is 37.9 Å². The third-order valence-corrected chi connectivity index (χ3v) is 2.13.